The van der Waals surface area contributed by atoms with Gasteiger partial charge in [0.05, 0.1) is 35.8 Å². The normalized spacial score (nSPS) is 17.5. The highest BCUT2D eigenvalue weighted by molar-refractivity contribution is 7.92. The quantitative estimate of drug-likeness (QED) is 0.323. The Balaban J connectivity index is 1.64. The number of hydrogen-bond acceptors (Lipinski definition) is 6. The summed E-state index contributed by atoms with van der Waals surface area (Å²) in [5, 5.41) is 4.46. The van der Waals surface area contributed by atoms with E-state index in [9.17, 15) is 8.42 Å². The second-order valence-corrected chi connectivity index (χ2v) is 11.0. The van der Waals surface area contributed by atoms with Crippen molar-refractivity contribution < 1.29 is 13.2 Å². The Kier molecular flexibility index (Phi) is 6.76. The van der Waals surface area contributed by atoms with Crippen LogP contribution in [0.3, 0.4) is 0 Å². The second kappa shape index (κ2) is 10.0. The number of anilines is 2. The molecule has 2 atom stereocenters. The van der Waals surface area contributed by atoms with Crippen LogP contribution < -0.4 is 19.7 Å². The Hall–Kier alpha value is -3.67. The van der Waals surface area contributed by atoms with Gasteiger partial charge in [-0.1, -0.05) is 17.7 Å². The average molecular weight is 555 g/mol. The van der Waals surface area contributed by atoms with Gasteiger partial charge in [-0.05, 0) is 60.7 Å². The van der Waals surface area contributed by atoms with E-state index in [1.54, 1.807) is 36.7 Å². The van der Waals surface area contributed by atoms with Crippen LogP contribution in [0, 0.1) is 0 Å². The number of rotatable bonds is 7. The van der Waals surface area contributed by atoms with Crippen molar-refractivity contribution in [1.82, 2.24) is 19.9 Å². The number of benzene rings is 1. The van der Waals surface area contributed by atoms with Crippen molar-refractivity contribution >= 4 is 50.3 Å². The van der Waals surface area contributed by atoms with Crippen LogP contribution in [-0.4, -0.2) is 41.4 Å². The lowest BCUT2D eigenvalue weighted by atomic mass is 10.0. The topological polar surface area (TPSA) is 101 Å². The monoisotopic (exact) mass is 554 g/mol. The fourth-order valence-electron chi connectivity index (χ4n) is 4.40. The number of methoxy groups -OCH3 is 1. The number of sulfonamides is 1. The number of hydrogen-bond donors (Lipinski definition) is 2. The minimum absolute atomic E-state index is 0.283. The van der Waals surface area contributed by atoms with Gasteiger partial charge in [-0.3, -0.25) is 9.71 Å². The molecule has 190 valence electrons. The molecular weight excluding hydrogens is 532 g/mol. The summed E-state index contributed by atoms with van der Waals surface area (Å²) >= 11 is 11.9. The summed E-state index contributed by atoms with van der Waals surface area (Å²) in [6, 6.07) is 17.9. The van der Waals surface area contributed by atoms with E-state index in [0.29, 0.717) is 33.1 Å². The Bertz CT molecular complexity index is 1540. The fourth-order valence-corrected chi connectivity index (χ4v) is 5.43. The number of nitrogens with zero attached hydrogens (tertiary/aromatic N) is 4. The molecule has 3 aromatic heterocycles. The van der Waals surface area contributed by atoms with Crippen LogP contribution in [0.4, 0.5) is 11.4 Å². The van der Waals surface area contributed by atoms with E-state index in [1.807, 2.05) is 52.1 Å². The average Bonchev–Trinajstić information content (AvgIpc) is 3.49. The first-order valence-corrected chi connectivity index (χ1v) is 13.9. The molecule has 5 rings (SSSR count). The first-order chi connectivity index (χ1) is 17.7. The zero-order valence-corrected chi connectivity index (χ0v) is 22.3. The van der Waals surface area contributed by atoms with E-state index < -0.39 is 10.0 Å². The van der Waals surface area contributed by atoms with Crippen LogP contribution in [0.25, 0.3) is 5.82 Å². The number of thiocarbonyl (C=S) groups is 1. The molecule has 2 N–H and O–H groups in total. The van der Waals surface area contributed by atoms with Gasteiger partial charge in [0.2, 0.25) is 10.0 Å². The molecule has 12 heteroatoms. The summed E-state index contributed by atoms with van der Waals surface area (Å²) in [6.45, 7) is 0. The number of nitrogens with one attached hydrogen (secondary N) is 2. The zero-order chi connectivity index (χ0) is 26.2. The predicted molar refractivity (Wildman–Crippen MR) is 148 cm³/mol. The second-order valence-electron chi connectivity index (χ2n) is 8.39. The van der Waals surface area contributed by atoms with Crippen LogP contribution in [0.2, 0.25) is 5.02 Å². The van der Waals surface area contributed by atoms with Gasteiger partial charge in [-0.15, -0.1) is 0 Å². The van der Waals surface area contributed by atoms with Crippen molar-refractivity contribution in [2.24, 2.45) is 0 Å². The predicted octanol–water partition coefficient (Wildman–Crippen LogP) is 4.48. The summed E-state index contributed by atoms with van der Waals surface area (Å²) < 4.78 is 33.6. The summed E-state index contributed by atoms with van der Waals surface area (Å²) in [5.74, 6) is 1.06. The van der Waals surface area contributed by atoms with Gasteiger partial charge in [0.1, 0.15) is 17.6 Å². The number of pyridine rings is 2. The molecule has 0 unspecified atom stereocenters. The molecule has 1 aromatic carbocycles. The van der Waals surface area contributed by atoms with Crippen LogP contribution in [-0.2, 0) is 10.0 Å². The first kappa shape index (κ1) is 25.0. The fraction of sp³-hybridized carbons (Fsp3) is 0.160. The molecule has 0 amide bonds. The van der Waals surface area contributed by atoms with Crippen molar-refractivity contribution in [3.63, 3.8) is 0 Å². The van der Waals surface area contributed by atoms with E-state index in [4.69, 9.17) is 28.6 Å². The lowest BCUT2D eigenvalue weighted by Crippen LogP contribution is -2.30. The third kappa shape index (κ3) is 5.10. The van der Waals surface area contributed by atoms with E-state index in [0.717, 1.165) is 17.6 Å². The Morgan fingerprint density at radius 2 is 1.95 bits per heavy atom. The van der Waals surface area contributed by atoms with E-state index in [-0.39, 0.29) is 12.1 Å². The number of aromatic nitrogens is 3. The van der Waals surface area contributed by atoms with Gasteiger partial charge < -0.3 is 19.5 Å². The molecule has 0 radical (unpaired) electrons. The Labute approximate surface area is 225 Å². The SMILES string of the molecule is COc1cc(N2C(=S)N[C@@H](c3ccccn3)[C@H]2c2cccn2-c2ccc(Cl)cn2)ccc1NS(C)(=O)=O. The molecule has 0 saturated carbocycles. The van der Waals surface area contributed by atoms with Crippen LogP contribution in [0.15, 0.2) is 79.3 Å². The van der Waals surface area contributed by atoms with E-state index in [1.165, 1.54) is 7.11 Å². The highest BCUT2D eigenvalue weighted by Gasteiger charge is 2.42. The molecule has 1 aliphatic rings. The van der Waals surface area contributed by atoms with Gasteiger partial charge in [-0.2, -0.15) is 0 Å². The lowest BCUT2D eigenvalue weighted by molar-refractivity contribution is 0.417. The maximum atomic E-state index is 11.8. The van der Waals surface area contributed by atoms with E-state index >= 15 is 0 Å². The van der Waals surface area contributed by atoms with Crippen molar-refractivity contribution in [3.8, 4) is 11.6 Å². The third-order valence-corrected chi connectivity index (χ3v) is 7.03. The maximum absolute atomic E-state index is 11.8. The molecule has 37 heavy (non-hydrogen) atoms. The Morgan fingerprint density at radius 1 is 1.11 bits per heavy atom. The van der Waals surface area contributed by atoms with Gasteiger partial charge in [0.25, 0.3) is 0 Å². The molecule has 1 aliphatic heterocycles. The number of halogens is 1. The molecular formula is C25H23ClN6O3S2. The van der Waals surface area contributed by atoms with Crippen molar-refractivity contribution in [3.05, 3.63) is 95.7 Å². The smallest absolute Gasteiger partial charge is 0.229 e. The molecule has 4 aromatic rings. The van der Waals surface area contributed by atoms with Crippen molar-refractivity contribution in [1.29, 1.82) is 0 Å². The van der Waals surface area contributed by atoms with Gasteiger partial charge in [-0.25, -0.2) is 13.4 Å². The largest absolute Gasteiger partial charge is 0.494 e. The Morgan fingerprint density at radius 3 is 2.62 bits per heavy atom. The standard InChI is InChI=1S/C25H23ClN6O3S2/c1-35-21-14-17(9-10-18(21)30-37(2,33)34)32-24(23(29-25(32)36)19-6-3-4-12-27-19)20-7-5-13-31(20)22-11-8-16(26)15-28-22/h3-15,23-24,30H,1-2H3,(H,29,36)/t23-,24+/m0/s1. The van der Waals surface area contributed by atoms with Crippen LogP contribution in [0.1, 0.15) is 23.5 Å². The summed E-state index contributed by atoms with van der Waals surface area (Å²) in [5.41, 5.74) is 2.78. The molecule has 9 nitrogen and oxygen atoms in total. The molecule has 4 heterocycles. The van der Waals surface area contributed by atoms with Crippen molar-refractivity contribution in [2.75, 3.05) is 23.0 Å². The van der Waals surface area contributed by atoms with Gasteiger partial charge in [0, 0.05) is 36.0 Å². The summed E-state index contributed by atoms with van der Waals surface area (Å²) in [7, 11) is -2.01. The van der Waals surface area contributed by atoms with E-state index in [2.05, 4.69) is 20.0 Å². The summed E-state index contributed by atoms with van der Waals surface area (Å²) in [6.07, 6.45) is 6.37. The summed E-state index contributed by atoms with van der Waals surface area (Å²) in [4.78, 5) is 11.1. The van der Waals surface area contributed by atoms with Crippen molar-refractivity contribution in [2.45, 2.75) is 12.1 Å². The molecule has 0 bridgehead atoms. The third-order valence-electron chi connectivity index (χ3n) is 5.90. The lowest BCUT2D eigenvalue weighted by Gasteiger charge is -2.29. The zero-order valence-electron chi connectivity index (χ0n) is 19.9. The maximum Gasteiger partial charge on any atom is 0.229 e. The highest BCUT2D eigenvalue weighted by atomic mass is 35.5. The molecule has 0 spiro atoms. The highest BCUT2D eigenvalue weighted by Crippen LogP contribution is 2.43. The first-order valence-electron chi connectivity index (χ1n) is 11.2. The minimum Gasteiger partial charge on any atom is -0.494 e. The minimum atomic E-state index is -3.49. The van der Waals surface area contributed by atoms with Crippen LogP contribution >= 0.6 is 23.8 Å². The molecule has 1 saturated heterocycles. The van der Waals surface area contributed by atoms with Gasteiger partial charge in [0.15, 0.2) is 5.11 Å². The number of ether oxygens (including phenoxy) is 1. The molecule has 0 aliphatic carbocycles. The van der Waals surface area contributed by atoms with Crippen LogP contribution in [0.5, 0.6) is 5.75 Å². The van der Waals surface area contributed by atoms with Gasteiger partial charge >= 0.3 is 0 Å². The molecule has 1 fully saturated rings.